The molecule has 0 fully saturated rings. The third-order valence-corrected chi connectivity index (χ3v) is 3.87. The van der Waals surface area contributed by atoms with E-state index < -0.39 is 0 Å². The van der Waals surface area contributed by atoms with Gasteiger partial charge in [0.15, 0.2) is 0 Å². The van der Waals surface area contributed by atoms with E-state index in [1.807, 2.05) is 0 Å². The van der Waals surface area contributed by atoms with Crippen LogP contribution in [-0.4, -0.2) is 5.75 Å². The first kappa shape index (κ1) is 13.6. The zero-order chi connectivity index (χ0) is 12.7. The van der Waals surface area contributed by atoms with Gasteiger partial charge in [0.05, 0.1) is 18.1 Å². The van der Waals surface area contributed by atoms with Gasteiger partial charge in [0.2, 0.25) is 0 Å². The van der Waals surface area contributed by atoms with Crippen molar-refractivity contribution in [2.75, 3.05) is 5.75 Å². The molecule has 0 aromatic heterocycles. The molecule has 0 N–H and O–H groups in total. The van der Waals surface area contributed by atoms with Crippen LogP contribution in [0.4, 0.5) is 0 Å². The standard InChI is InChI=1S/C14H16N2S/c1-11-5-6-14(8-12(11)2)17-10-13(9-16)4-3-7-15/h5-6,8,13H,3-4,10H2,1-2H3. The zero-order valence-corrected chi connectivity index (χ0v) is 11.0. The van der Waals surface area contributed by atoms with Gasteiger partial charge in [0, 0.05) is 17.1 Å². The predicted molar refractivity (Wildman–Crippen MR) is 70.6 cm³/mol. The summed E-state index contributed by atoms with van der Waals surface area (Å²) in [6, 6.07) is 10.7. The minimum Gasteiger partial charge on any atom is -0.198 e. The predicted octanol–water partition coefficient (Wildman–Crippen LogP) is 3.84. The van der Waals surface area contributed by atoms with Crippen molar-refractivity contribution in [1.29, 1.82) is 10.5 Å². The topological polar surface area (TPSA) is 47.6 Å². The van der Waals surface area contributed by atoms with E-state index in [0.29, 0.717) is 12.8 Å². The molecule has 0 spiro atoms. The van der Waals surface area contributed by atoms with Crippen LogP contribution in [-0.2, 0) is 0 Å². The highest BCUT2D eigenvalue weighted by Gasteiger charge is 2.08. The van der Waals surface area contributed by atoms with Crippen molar-refractivity contribution in [1.82, 2.24) is 0 Å². The van der Waals surface area contributed by atoms with Gasteiger partial charge in [0.1, 0.15) is 0 Å². The molecule has 1 atom stereocenters. The summed E-state index contributed by atoms with van der Waals surface area (Å²) in [6.07, 6.45) is 1.14. The molecule has 0 heterocycles. The van der Waals surface area contributed by atoms with E-state index in [4.69, 9.17) is 10.5 Å². The Morgan fingerprint density at radius 3 is 2.59 bits per heavy atom. The summed E-state index contributed by atoms with van der Waals surface area (Å²) in [5, 5.41) is 17.5. The first-order valence-corrected chi connectivity index (χ1v) is 6.62. The number of hydrogen-bond donors (Lipinski definition) is 0. The molecule has 0 bridgehead atoms. The molecule has 17 heavy (non-hydrogen) atoms. The molecule has 0 saturated heterocycles. The highest BCUT2D eigenvalue weighted by Crippen LogP contribution is 2.24. The SMILES string of the molecule is Cc1ccc(SCC(C#N)CCC#N)cc1C. The lowest BCUT2D eigenvalue weighted by Gasteiger charge is -2.08. The molecule has 88 valence electrons. The van der Waals surface area contributed by atoms with E-state index >= 15 is 0 Å². The summed E-state index contributed by atoms with van der Waals surface area (Å²) in [5.41, 5.74) is 2.57. The third-order valence-electron chi connectivity index (χ3n) is 2.72. The number of nitriles is 2. The second kappa shape index (κ2) is 6.99. The number of hydrogen-bond acceptors (Lipinski definition) is 3. The Morgan fingerprint density at radius 2 is 2.00 bits per heavy atom. The van der Waals surface area contributed by atoms with Crippen LogP contribution < -0.4 is 0 Å². The summed E-state index contributed by atoms with van der Waals surface area (Å²) < 4.78 is 0. The highest BCUT2D eigenvalue weighted by molar-refractivity contribution is 7.99. The van der Waals surface area contributed by atoms with E-state index in [9.17, 15) is 0 Å². The molecule has 3 heteroatoms. The molecule has 0 radical (unpaired) electrons. The highest BCUT2D eigenvalue weighted by atomic mass is 32.2. The Hall–Kier alpha value is -1.45. The summed E-state index contributed by atoms with van der Waals surface area (Å²) >= 11 is 1.69. The normalized spacial score (nSPS) is 11.5. The number of aryl methyl sites for hydroxylation is 2. The Kier molecular flexibility index (Phi) is 5.60. The Bertz CT molecular complexity index is 454. The molecule has 2 nitrogen and oxygen atoms in total. The Labute approximate surface area is 107 Å². The molecule has 0 amide bonds. The third kappa shape index (κ3) is 4.51. The monoisotopic (exact) mass is 244 g/mol. The van der Waals surface area contributed by atoms with Crippen LogP contribution in [0.5, 0.6) is 0 Å². The average Bonchev–Trinajstić information content (AvgIpc) is 2.34. The van der Waals surface area contributed by atoms with Crippen LogP contribution in [0.15, 0.2) is 23.1 Å². The average molecular weight is 244 g/mol. The van der Waals surface area contributed by atoms with Crippen LogP contribution in [0.2, 0.25) is 0 Å². The van der Waals surface area contributed by atoms with Gasteiger partial charge >= 0.3 is 0 Å². The fourth-order valence-corrected chi connectivity index (χ4v) is 2.48. The molecular weight excluding hydrogens is 228 g/mol. The molecule has 1 rings (SSSR count). The lowest BCUT2D eigenvalue weighted by molar-refractivity contribution is 0.685. The van der Waals surface area contributed by atoms with Crippen molar-refractivity contribution < 1.29 is 0 Å². The number of rotatable bonds is 5. The summed E-state index contributed by atoms with van der Waals surface area (Å²) in [6.45, 7) is 4.19. The van der Waals surface area contributed by atoms with E-state index in [-0.39, 0.29) is 5.92 Å². The zero-order valence-electron chi connectivity index (χ0n) is 10.2. The largest absolute Gasteiger partial charge is 0.198 e. The summed E-state index contributed by atoms with van der Waals surface area (Å²) in [4.78, 5) is 1.20. The van der Waals surface area contributed by atoms with E-state index in [0.717, 1.165) is 5.75 Å². The Morgan fingerprint density at radius 1 is 1.24 bits per heavy atom. The van der Waals surface area contributed by atoms with Crippen LogP contribution >= 0.6 is 11.8 Å². The maximum Gasteiger partial charge on any atom is 0.0664 e. The fourth-order valence-electron chi connectivity index (χ4n) is 1.42. The smallest absolute Gasteiger partial charge is 0.0664 e. The molecule has 0 aliphatic rings. The first-order valence-electron chi connectivity index (χ1n) is 5.64. The molecular formula is C14H16N2S. The molecule has 0 saturated carbocycles. The van der Waals surface area contributed by atoms with Crippen molar-refractivity contribution in [3.05, 3.63) is 29.3 Å². The number of benzene rings is 1. The van der Waals surface area contributed by atoms with Gasteiger partial charge < -0.3 is 0 Å². The molecule has 1 aromatic carbocycles. The summed E-state index contributed by atoms with van der Waals surface area (Å²) in [5.74, 6) is 0.738. The van der Waals surface area contributed by atoms with E-state index in [1.165, 1.54) is 16.0 Å². The minimum absolute atomic E-state index is 0.0266. The van der Waals surface area contributed by atoms with Crippen molar-refractivity contribution >= 4 is 11.8 Å². The van der Waals surface area contributed by atoms with Gasteiger partial charge in [-0.1, -0.05) is 6.07 Å². The maximum absolute atomic E-state index is 8.96. The maximum atomic E-state index is 8.96. The quantitative estimate of drug-likeness (QED) is 0.739. The van der Waals surface area contributed by atoms with Gasteiger partial charge in [0.25, 0.3) is 0 Å². The molecule has 1 unspecified atom stereocenters. The second-order valence-electron chi connectivity index (χ2n) is 4.08. The number of thioether (sulfide) groups is 1. The second-order valence-corrected chi connectivity index (χ2v) is 5.17. The van der Waals surface area contributed by atoms with Crippen LogP contribution in [0, 0.1) is 42.4 Å². The van der Waals surface area contributed by atoms with Crippen LogP contribution in [0.25, 0.3) is 0 Å². The Balaban J connectivity index is 2.52. The number of nitrogens with zero attached hydrogens (tertiary/aromatic N) is 2. The minimum atomic E-state index is -0.0266. The van der Waals surface area contributed by atoms with Gasteiger partial charge in [-0.05, 0) is 43.5 Å². The summed E-state index contributed by atoms with van der Waals surface area (Å²) in [7, 11) is 0. The molecule has 1 aromatic rings. The lowest BCUT2D eigenvalue weighted by atomic mass is 10.1. The fraction of sp³-hybridized carbons (Fsp3) is 0.429. The first-order chi connectivity index (χ1) is 8.17. The van der Waals surface area contributed by atoms with Crippen LogP contribution in [0.1, 0.15) is 24.0 Å². The van der Waals surface area contributed by atoms with Crippen molar-refractivity contribution in [2.24, 2.45) is 5.92 Å². The van der Waals surface area contributed by atoms with Gasteiger partial charge in [-0.3, -0.25) is 0 Å². The van der Waals surface area contributed by atoms with Crippen molar-refractivity contribution in [3.8, 4) is 12.1 Å². The van der Waals surface area contributed by atoms with E-state index in [2.05, 4.69) is 44.2 Å². The van der Waals surface area contributed by atoms with Crippen LogP contribution in [0.3, 0.4) is 0 Å². The van der Waals surface area contributed by atoms with Gasteiger partial charge in [-0.15, -0.1) is 11.8 Å². The van der Waals surface area contributed by atoms with Crippen molar-refractivity contribution in [3.63, 3.8) is 0 Å². The van der Waals surface area contributed by atoms with Gasteiger partial charge in [-0.2, -0.15) is 10.5 Å². The van der Waals surface area contributed by atoms with Crippen molar-refractivity contribution in [2.45, 2.75) is 31.6 Å². The molecule has 0 aliphatic heterocycles. The van der Waals surface area contributed by atoms with E-state index in [1.54, 1.807) is 11.8 Å². The van der Waals surface area contributed by atoms with Gasteiger partial charge in [-0.25, -0.2) is 0 Å². The molecule has 0 aliphatic carbocycles. The lowest BCUT2D eigenvalue weighted by Crippen LogP contribution is -2.00.